The molecule has 76 valence electrons. The Bertz CT molecular complexity index is 220. The van der Waals surface area contributed by atoms with Crippen molar-refractivity contribution in [2.75, 3.05) is 0 Å². The summed E-state index contributed by atoms with van der Waals surface area (Å²) in [6.07, 6.45) is 0.269. The molecule has 1 aromatic rings. The van der Waals surface area contributed by atoms with Crippen molar-refractivity contribution in [2.45, 2.75) is 40.4 Å². The zero-order valence-corrected chi connectivity index (χ0v) is 10.2. The molecule has 0 atom stereocenters. The molecule has 0 saturated heterocycles. The molecule has 0 radical (unpaired) electrons. The van der Waals surface area contributed by atoms with Crippen LogP contribution in [0.1, 0.15) is 33.3 Å². The molecule has 3 heteroatoms. The number of thiophene rings is 1. The van der Waals surface area contributed by atoms with Gasteiger partial charge in [0.15, 0.2) is 0 Å². The molecule has 1 aromatic heterocycles. The zero-order chi connectivity index (χ0) is 10.3. The Morgan fingerprint density at radius 3 is 2.46 bits per heavy atom. The molecule has 1 heterocycles. The van der Waals surface area contributed by atoms with Gasteiger partial charge in [-0.2, -0.15) is 0 Å². The minimum absolute atomic E-state index is 0.269. The van der Waals surface area contributed by atoms with Gasteiger partial charge in [0, 0.05) is 5.56 Å². The van der Waals surface area contributed by atoms with Crippen LogP contribution in [0, 0.1) is 0 Å². The van der Waals surface area contributed by atoms with E-state index in [1.807, 2.05) is 39.1 Å². The second kappa shape index (κ2) is 7.36. The van der Waals surface area contributed by atoms with Crippen molar-refractivity contribution < 1.29 is 4.74 Å². The van der Waals surface area contributed by atoms with Crippen LogP contribution in [-0.2, 0) is 11.3 Å². The van der Waals surface area contributed by atoms with Gasteiger partial charge in [-0.05, 0) is 25.3 Å². The highest BCUT2D eigenvalue weighted by Gasteiger charge is 2.01. The summed E-state index contributed by atoms with van der Waals surface area (Å²) < 4.78 is 6.23. The van der Waals surface area contributed by atoms with Crippen LogP contribution in [-0.4, -0.2) is 6.10 Å². The van der Waals surface area contributed by atoms with Gasteiger partial charge in [-0.15, -0.1) is 11.3 Å². The van der Waals surface area contributed by atoms with Crippen molar-refractivity contribution in [1.82, 2.24) is 0 Å². The first-order valence-corrected chi connectivity index (χ1v) is 5.79. The van der Waals surface area contributed by atoms with Gasteiger partial charge < -0.3 is 4.74 Å². The third-order valence-corrected chi connectivity index (χ3v) is 2.52. The van der Waals surface area contributed by atoms with Crippen LogP contribution >= 0.6 is 22.9 Å². The third kappa shape index (κ3) is 5.29. The summed E-state index contributed by atoms with van der Waals surface area (Å²) in [5, 5.41) is 1.97. The Balaban J connectivity index is 0.000000671. The summed E-state index contributed by atoms with van der Waals surface area (Å²) in [5.74, 6) is 0. The molecule has 13 heavy (non-hydrogen) atoms. The Morgan fingerprint density at radius 2 is 2.08 bits per heavy atom. The molecule has 1 rings (SSSR count). The molecule has 0 aliphatic heterocycles. The van der Waals surface area contributed by atoms with Crippen LogP contribution in [0.25, 0.3) is 0 Å². The van der Waals surface area contributed by atoms with Crippen molar-refractivity contribution in [1.29, 1.82) is 0 Å². The number of rotatable bonds is 3. The maximum atomic E-state index is 5.86. The number of hydrogen-bond donors (Lipinski definition) is 0. The standard InChI is InChI=1S/C8H11ClOS.C2H6/c1-6(2)10-5-7-3-4-11-8(7)9;1-2/h3-4,6H,5H2,1-2H3;1-2H3. The first-order chi connectivity index (χ1) is 6.20. The molecule has 0 saturated carbocycles. The topological polar surface area (TPSA) is 9.23 Å². The van der Waals surface area contributed by atoms with Gasteiger partial charge in [0.2, 0.25) is 0 Å². The summed E-state index contributed by atoms with van der Waals surface area (Å²) in [7, 11) is 0. The predicted octanol–water partition coefficient (Wildman–Crippen LogP) is 4.35. The molecular weight excluding hydrogens is 204 g/mol. The van der Waals surface area contributed by atoms with Crippen molar-refractivity contribution in [3.8, 4) is 0 Å². The molecular formula is C10H17ClOS. The quantitative estimate of drug-likeness (QED) is 0.736. The Kier molecular flexibility index (Phi) is 7.33. The van der Waals surface area contributed by atoms with E-state index in [-0.39, 0.29) is 6.10 Å². The Labute approximate surface area is 89.7 Å². The van der Waals surface area contributed by atoms with Crippen molar-refractivity contribution in [3.63, 3.8) is 0 Å². The minimum atomic E-state index is 0.269. The van der Waals surface area contributed by atoms with Crippen LogP contribution in [0.5, 0.6) is 0 Å². The first-order valence-electron chi connectivity index (χ1n) is 4.53. The second-order valence-electron chi connectivity index (χ2n) is 2.58. The molecule has 0 fully saturated rings. The van der Waals surface area contributed by atoms with E-state index in [9.17, 15) is 0 Å². The van der Waals surface area contributed by atoms with E-state index in [0.29, 0.717) is 6.61 Å². The fourth-order valence-corrected chi connectivity index (χ4v) is 1.58. The molecule has 0 spiro atoms. The number of ether oxygens (including phenoxy) is 1. The van der Waals surface area contributed by atoms with Crippen LogP contribution < -0.4 is 0 Å². The predicted molar refractivity (Wildman–Crippen MR) is 60.6 cm³/mol. The fourth-order valence-electron chi connectivity index (χ4n) is 0.678. The molecule has 0 aliphatic rings. The zero-order valence-electron chi connectivity index (χ0n) is 8.63. The van der Waals surface area contributed by atoms with Gasteiger partial charge in [-0.25, -0.2) is 0 Å². The van der Waals surface area contributed by atoms with E-state index < -0.39 is 0 Å². The SMILES string of the molecule is CC.CC(C)OCc1ccsc1Cl. The second-order valence-corrected chi connectivity index (χ2v) is 4.10. The van der Waals surface area contributed by atoms with E-state index >= 15 is 0 Å². The largest absolute Gasteiger partial charge is 0.374 e. The molecule has 0 N–H and O–H groups in total. The average molecular weight is 221 g/mol. The highest BCUT2D eigenvalue weighted by atomic mass is 35.5. The lowest BCUT2D eigenvalue weighted by molar-refractivity contribution is 0.0659. The van der Waals surface area contributed by atoms with Crippen molar-refractivity contribution in [2.24, 2.45) is 0 Å². The Morgan fingerprint density at radius 1 is 1.46 bits per heavy atom. The first kappa shape index (κ1) is 12.9. The lowest BCUT2D eigenvalue weighted by Gasteiger charge is -2.05. The van der Waals surface area contributed by atoms with E-state index in [2.05, 4.69) is 0 Å². The summed E-state index contributed by atoms with van der Waals surface area (Å²) in [4.78, 5) is 0. The molecule has 0 bridgehead atoms. The summed E-state index contributed by atoms with van der Waals surface area (Å²) in [5.41, 5.74) is 1.09. The van der Waals surface area contributed by atoms with E-state index in [4.69, 9.17) is 16.3 Å². The van der Waals surface area contributed by atoms with Gasteiger partial charge in [0.1, 0.15) is 0 Å². The molecule has 1 nitrogen and oxygen atoms in total. The van der Waals surface area contributed by atoms with Crippen LogP contribution in [0.3, 0.4) is 0 Å². The van der Waals surface area contributed by atoms with Gasteiger partial charge in [-0.1, -0.05) is 25.4 Å². The van der Waals surface area contributed by atoms with Gasteiger partial charge in [-0.3, -0.25) is 0 Å². The normalized spacial score (nSPS) is 9.69. The van der Waals surface area contributed by atoms with E-state index in [1.165, 1.54) is 0 Å². The summed E-state index contributed by atoms with van der Waals surface area (Å²) in [6.45, 7) is 8.65. The molecule has 0 aromatic carbocycles. The highest BCUT2D eigenvalue weighted by Crippen LogP contribution is 2.23. The monoisotopic (exact) mass is 220 g/mol. The molecule has 0 amide bonds. The summed E-state index contributed by atoms with van der Waals surface area (Å²) >= 11 is 7.40. The highest BCUT2D eigenvalue weighted by molar-refractivity contribution is 7.14. The molecule has 0 aliphatic carbocycles. The number of hydrogen-bond acceptors (Lipinski definition) is 2. The van der Waals surface area contributed by atoms with Crippen LogP contribution in [0.15, 0.2) is 11.4 Å². The maximum Gasteiger partial charge on any atom is 0.0983 e. The van der Waals surface area contributed by atoms with Crippen LogP contribution in [0.4, 0.5) is 0 Å². The summed E-state index contributed by atoms with van der Waals surface area (Å²) in [6, 6.07) is 2.00. The van der Waals surface area contributed by atoms with Crippen LogP contribution in [0.2, 0.25) is 4.34 Å². The van der Waals surface area contributed by atoms with Crippen molar-refractivity contribution in [3.05, 3.63) is 21.3 Å². The van der Waals surface area contributed by atoms with E-state index in [0.717, 1.165) is 9.90 Å². The molecule has 0 unspecified atom stereocenters. The van der Waals surface area contributed by atoms with Gasteiger partial charge >= 0.3 is 0 Å². The number of halogens is 1. The van der Waals surface area contributed by atoms with Gasteiger partial charge in [0.05, 0.1) is 17.0 Å². The average Bonchev–Trinajstić information content (AvgIpc) is 2.51. The fraction of sp³-hybridized carbons (Fsp3) is 0.600. The smallest absolute Gasteiger partial charge is 0.0983 e. The maximum absolute atomic E-state index is 5.86. The third-order valence-electron chi connectivity index (χ3n) is 1.27. The van der Waals surface area contributed by atoms with Gasteiger partial charge in [0.25, 0.3) is 0 Å². The van der Waals surface area contributed by atoms with E-state index in [1.54, 1.807) is 11.3 Å². The van der Waals surface area contributed by atoms with Crippen molar-refractivity contribution >= 4 is 22.9 Å². The lowest BCUT2D eigenvalue weighted by Crippen LogP contribution is -2.01. The lowest BCUT2D eigenvalue weighted by atomic mass is 10.3. The minimum Gasteiger partial charge on any atom is -0.374 e. The Hall–Kier alpha value is -0.0500.